The average Bonchev–Trinajstić information content (AvgIpc) is 3.23. The van der Waals surface area contributed by atoms with Crippen LogP contribution >= 0.6 is 0 Å². The van der Waals surface area contributed by atoms with E-state index in [1.165, 1.54) is 4.57 Å². The molecule has 2 heterocycles. The quantitative estimate of drug-likeness (QED) is 0.744. The maximum absolute atomic E-state index is 11.8. The Labute approximate surface area is 143 Å². The van der Waals surface area contributed by atoms with Crippen LogP contribution in [0.3, 0.4) is 0 Å². The van der Waals surface area contributed by atoms with Crippen LogP contribution in [0, 0.1) is 0 Å². The molecule has 0 radical (unpaired) electrons. The van der Waals surface area contributed by atoms with Crippen molar-refractivity contribution in [2.24, 2.45) is 0 Å². The zero-order valence-corrected chi connectivity index (χ0v) is 13.7. The summed E-state index contributed by atoms with van der Waals surface area (Å²) in [5.74, 6) is -1.44. The van der Waals surface area contributed by atoms with Gasteiger partial charge in [-0.2, -0.15) is 0 Å². The van der Waals surface area contributed by atoms with Crippen LogP contribution in [0.5, 0.6) is 0 Å². The van der Waals surface area contributed by atoms with Crippen molar-refractivity contribution >= 4 is 23.0 Å². The van der Waals surface area contributed by atoms with Gasteiger partial charge < -0.3 is 19.2 Å². The Hall–Kier alpha value is -2.61. The number of oxazole rings is 1. The zero-order valence-electron chi connectivity index (χ0n) is 13.7. The predicted molar refractivity (Wildman–Crippen MR) is 88.0 cm³/mol. The van der Waals surface area contributed by atoms with Gasteiger partial charge in [0, 0.05) is 19.7 Å². The largest absolute Gasteiger partial charge is 0.456 e. The highest BCUT2D eigenvalue weighted by Gasteiger charge is 2.17. The summed E-state index contributed by atoms with van der Waals surface area (Å²) in [6.07, 6.45) is 1.94. The fourth-order valence-electron chi connectivity index (χ4n) is 2.73. The third-order valence-corrected chi connectivity index (χ3v) is 4.03. The molecule has 0 spiro atoms. The number of esters is 1. The Balaban J connectivity index is 1.42. The normalized spacial score (nSPS) is 16.9. The number of carbonyl (C=O) groups is 2. The van der Waals surface area contributed by atoms with Gasteiger partial charge in [0.1, 0.15) is 0 Å². The molecule has 0 aliphatic carbocycles. The van der Waals surface area contributed by atoms with E-state index in [9.17, 15) is 14.4 Å². The van der Waals surface area contributed by atoms with Gasteiger partial charge in [0.15, 0.2) is 12.2 Å². The molecule has 8 heteroatoms. The first-order valence-corrected chi connectivity index (χ1v) is 8.26. The number of amides is 1. The van der Waals surface area contributed by atoms with Gasteiger partial charge in [-0.1, -0.05) is 12.1 Å². The lowest BCUT2D eigenvalue weighted by Crippen LogP contribution is -2.34. The molecule has 25 heavy (non-hydrogen) atoms. The van der Waals surface area contributed by atoms with Gasteiger partial charge in [0.25, 0.3) is 5.91 Å². The molecule has 1 aliphatic rings. The highest BCUT2D eigenvalue weighted by atomic mass is 16.5. The smallest absolute Gasteiger partial charge is 0.419 e. The second-order valence-electron chi connectivity index (χ2n) is 5.84. The first-order valence-electron chi connectivity index (χ1n) is 8.26. The Morgan fingerprint density at radius 2 is 2.16 bits per heavy atom. The van der Waals surface area contributed by atoms with Crippen LogP contribution in [0.1, 0.15) is 19.3 Å². The third kappa shape index (κ3) is 4.48. The van der Waals surface area contributed by atoms with Crippen molar-refractivity contribution in [2.75, 3.05) is 19.8 Å². The lowest BCUT2D eigenvalue weighted by Gasteiger charge is -2.11. The molecular formula is C17H20N2O6. The van der Waals surface area contributed by atoms with E-state index in [-0.39, 0.29) is 31.6 Å². The maximum atomic E-state index is 11.8. The van der Waals surface area contributed by atoms with Crippen molar-refractivity contribution in [1.29, 1.82) is 0 Å². The number of hydrogen-bond acceptors (Lipinski definition) is 6. The summed E-state index contributed by atoms with van der Waals surface area (Å²) >= 11 is 0. The Morgan fingerprint density at radius 1 is 1.32 bits per heavy atom. The summed E-state index contributed by atoms with van der Waals surface area (Å²) in [6, 6.07) is 6.97. The Kier molecular flexibility index (Phi) is 5.49. The van der Waals surface area contributed by atoms with Gasteiger partial charge in [-0.15, -0.1) is 0 Å². The van der Waals surface area contributed by atoms with E-state index in [1.807, 2.05) is 0 Å². The maximum Gasteiger partial charge on any atom is 0.419 e. The topological polar surface area (TPSA) is 99.8 Å². The SMILES string of the molecule is O=C(COC(=O)CCn1c(=O)oc2ccccc21)NC[C@@H]1CCCO1. The second-order valence-corrected chi connectivity index (χ2v) is 5.84. The molecule has 1 saturated heterocycles. The van der Waals surface area contributed by atoms with Crippen LogP contribution in [-0.2, 0) is 25.6 Å². The summed E-state index contributed by atoms with van der Waals surface area (Å²) in [6.45, 7) is 0.934. The van der Waals surface area contributed by atoms with Crippen molar-refractivity contribution in [1.82, 2.24) is 9.88 Å². The molecule has 1 aromatic heterocycles. The Morgan fingerprint density at radius 3 is 2.96 bits per heavy atom. The Bertz CT molecular complexity index is 803. The average molecular weight is 348 g/mol. The minimum absolute atomic E-state index is 0.0253. The van der Waals surface area contributed by atoms with E-state index in [0.717, 1.165) is 19.4 Å². The summed E-state index contributed by atoms with van der Waals surface area (Å²) in [5.41, 5.74) is 1.09. The first-order chi connectivity index (χ1) is 12.1. The van der Waals surface area contributed by atoms with Crippen LogP contribution < -0.4 is 11.1 Å². The number of para-hydroxylation sites is 2. The summed E-state index contributed by atoms with van der Waals surface area (Å²) in [4.78, 5) is 35.2. The summed E-state index contributed by atoms with van der Waals surface area (Å²) < 4.78 is 16.8. The van der Waals surface area contributed by atoms with E-state index in [4.69, 9.17) is 13.9 Å². The molecule has 1 aromatic carbocycles. The number of nitrogens with one attached hydrogen (secondary N) is 1. The van der Waals surface area contributed by atoms with Crippen molar-refractivity contribution in [3.63, 3.8) is 0 Å². The minimum Gasteiger partial charge on any atom is -0.456 e. The molecule has 0 unspecified atom stereocenters. The van der Waals surface area contributed by atoms with E-state index < -0.39 is 11.7 Å². The van der Waals surface area contributed by atoms with Crippen LogP contribution in [0.15, 0.2) is 33.5 Å². The van der Waals surface area contributed by atoms with Gasteiger partial charge in [0.05, 0.1) is 18.0 Å². The summed E-state index contributed by atoms with van der Waals surface area (Å²) in [7, 11) is 0. The number of benzene rings is 1. The summed E-state index contributed by atoms with van der Waals surface area (Å²) in [5, 5.41) is 2.67. The van der Waals surface area contributed by atoms with Gasteiger partial charge >= 0.3 is 11.7 Å². The number of nitrogens with zero attached hydrogens (tertiary/aromatic N) is 1. The number of rotatable bonds is 7. The van der Waals surface area contributed by atoms with Gasteiger partial charge in [-0.3, -0.25) is 14.2 Å². The zero-order chi connectivity index (χ0) is 17.6. The number of ether oxygens (including phenoxy) is 2. The van der Waals surface area contributed by atoms with Crippen LogP contribution in [0.4, 0.5) is 0 Å². The minimum atomic E-state index is -0.551. The highest BCUT2D eigenvalue weighted by Crippen LogP contribution is 2.12. The van der Waals surface area contributed by atoms with Gasteiger partial charge in [-0.25, -0.2) is 4.79 Å². The molecule has 1 fully saturated rings. The molecular weight excluding hydrogens is 328 g/mol. The van der Waals surface area contributed by atoms with Crippen LogP contribution in [-0.4, -0.2) is 42.3 Å². The molecule has 8 nitrogen and oxygen atoms in total. The van der Waals surface area contributed by atoms with E-state index in [1.54, 1.807) is 24.3 Å². The highest BCUT2D eigenvalue weighted by molar-refractivity contribution is 5.80. The molecule has 1 atom stereocenters. The van der Waals surface area contributed by atoms with Crippen molar-refractivity contribution in [2.45, 2.75) is 31.9 Å². The standard InChI is InChI=1S/C17H20N2O6/c20-15(18-10-12-4-3-9-23-12)11-24-16(21)7-8-19-13-5-1-2-6-14(13)25-17(19)22/h1-2,5-6,12H,3-4,7-11H2,(H,18,20)/t12-/m0/s1. The van der Waals surface area contributed by atoms with E-state index in [0.29, 0.717) is 17.6 Å². The van der Waals surface area contributed by atoms with Crippen molar-refractivity contribution < 1.29 is 23.5 Å². The lowest BCUT2D eigenvalue weighted by molar-refractivity contribution is -0.148. The number of carbonyl (C=O) groups excluding carboxylic acids is 2. The molecule has 0 bridgehead atoms. The number of aryl methyl sites for hydroxylation is 1. The van der Waals surface area contributed by atoms with E-state index >= 15 is 0 Å². The second kappa shape index (κ2) is 7.98. The first kappa shape index (κ1) is 17.2. The molecule has 1 amide bonds. The molecule has 134 valence electrons. The molecule has 3 rings (SSSR count). The molecule has 0 saturated carbocycles. The van der Waals surface area contributed by atoms with E-state index in [2.05, 4.69) is 5.32 Å². The van der Waals surface area contributed by atoms with Crippen LogP contribution in [0.25, 0.3) is 11.1 Å². The third-order valence-electron chi connectivity index (χ3n) is 4.03. The lowest BCUT2D eigenvalue weighted by atomic mass is 10.2. The molecule has 2 aromatic rings. The van der Waals surface area contributed by atoms with Crippen molar-refractivity contribution in [3.8, 4) is 0 Å². The van der Waals surface area contributed by atoms with Gasteiger partial charge in [0.2, 0.25) is 0 Å². The number of hydrogen-bond donors (Lipinski definition) is 1. The fraction of sp³-hybridized carbons (Fsp3) is 0.471. The number of fused-ring (bicyclic) bond motifs is 1. The molecule has 1 aliphatic heterocycles. The number of aromatic nitrogens is 1. The fourth-order valence-corrected chi connectivity index (χ4v) is 2.73. The monoisotopic (exact) mass is 348 g/mol. The van der Waals surface area contributed by atoms with Gasteiger partial charge in [-0.05, 0) is 25.0 Å². The molecule has 1 N–H and O–H groups in total. The van der Waals surface area contributed by atoms with Crippen LogP contribution in [0.2, 0.25) is 0 Å². The predicted octanol–water partition coefficient (Wildman–Crippen LogP) is 0.823. The van der Waals surface area contributed by atoms with Crippen molar-refractivity contribution in [3.05, 3.63) is 34.8 Å².